The minimum absolute atomic E-state index is 0.0976. The van der Waals surface area contributed by atoms with Crippen molar-refractivity contribution in [3.05, 3.63) is 57.9 Å². The van der Waals surface area contributed by atoms with Crippen molar-refractivity contribution in [1.29, 1.82) is 5.26 Å². The third-order valence-corrected chi connectivity index (χ3v) is 2.77. The van der Waals surface area contributed by atoms with Crippen molar-refractivity contribution in [1.82, 2.24) is 0 Å². The van der Waals surface area contributed by atoms with E-state index in [1.54, 1.807) is 6.07 Å². The molecule has 6 nitrogen and oxygen atoms in total. The third-order valence-electron chi connectivity index (χ3n) is 2.77. The summed E-state index contributed by atoms with van der Waals surface area (Å²) in [5.41, 5.74) is 0.671. The summed E-state index contributed by atoms with van der Waals surface area (Å²) in [6, 6.07) is 9.91. The molecule has 0 heterocycles. The fraction of sp³-hybridized carbons (Fsp3) is 0.0714. The largest absolute Gasteiger partial charge is 0.494 e. The first-order valence-electron chi connectivity index (χ1n) is 5.84. The fourth-order valence-corrected chi connectivity index (χ4v) is 1.75. The van der Waals surface area contributed by atoms with E-state index in [4.69, 9.17) is 10.00 Å². The average Bonchev–Trinajstić information content (AvgIpc) is 2.47. The highest BCUT2D eigenvalue weighted by molar-refractivity contribution is 5.68. The lowest BCUT2D eigenvalue weighted by molar-refractivity contribution is -0.384. The predicted octanol–water partition coefficient (Wildman–Crippen LogP) is 3.36. The fourth-order valence-electron chi connectivity index (χ4n) is 1.75. The van der Waals surface area contributed by atoms with Crippen molar-refractivity contribution >= 4 is 17.1 Å². The molecule has 0 aliphatic rings. The van der Waals surface area contributed by atoms with Gasteiger partial charge in [0.05, 0.1) is 23.3 Å². The van der Waals surface area contributed by atoms with E-state index in [2.05, 4.69) is 5.32 Å². The molecule has 0 radical (unpaired) electrons. The normalized spacial score (nSPS) is 9.76. The van der Waals surface area contributed by atoms with Gasteiger partial charge in [-0.15, -0.1) is 0 Å². The Kier molecular flexibility index (Phi) is 4.00. The molecule has 7 heteroatoms. The molecule has 0 saturated heterocycles. The highest BCUT2D eigenvalue weighted by atomic mass is 19.1. The van der Waals surface area contributed by atoms with E-state index in [0.717, 1.165) is 6.07 Å². The van der Waals surface area contributed by atoms with Gasteiger partial charge in [-0.25, -0.2) is 4.39 Å². The Hall–Kier alpha value is -3.14. The Morgan fingerprint density at radius 2 is 2.10 bits per heavy atom. The van der Waals surface area contributed by atoms with Crippen molar-refractivity contribution in [3.63, 3.8) is 0 Å². The number of non-ortho nitro benzene ring substituents is 1. The SMILES string of the molecule is COc1ccc(Nc2ccc([N+](=O)[O-])cc2C#N)cc1F. The lowest BCUT2D eigenvalue weighted by Crippen LogP contribution is -1.97. The van der Waals surface area contributed by atoms with E-state index >= 15 is 0 Å². The van der Waals surface area contributed by atoms with Crippen molar-refractivity contribution in [3.8, 4) is 11.8 Å². The molecule has 2 aromatic rings. The summed E-state index contributed by atoms with van der Waals surface area (Å²) >= 11 is 0. The Morgan fingerprint density at radius 1 is 1.33 bits per heavy atom. The van der Waals surface area contributed by atoms with E-state index in [1.807, 2.05) is 6.07 Å². The summed E-state index contributed by atoms with van der Waals surface area (Å²) in [5, 5.41) is 22.5. The first-order chi connectivity index (χ1) is 10.0. The van der Waals surface area contributed by atoms with Crippen LogP contribution in [0, 0.1) is 27.3 Å². The number of anilines is 2. The van der Waals surface area contributed by atoms with Crippen LogP contribution in [0.15, 0.2) is 36.4 Å². The number of halogens is 1. The topological polar surface area (TPSA) is 88.2 Å². The maximum absolute atomic E-state index is 13.6. The molecule has 0 spiro atoms. The van der Waals surface area contributed by atoms with Crippen LogP contribution in [0.5, 0.6) is 5.75 Å². The molecule has 21 heavy (non-hydrogen) atoms. The lowest BCUT2D eigenvalue weighted by Gasteiger charge is -2.09. The molecular weight excluding hydrogens is 277 g/mol. The second-order valence-corrected chi connectivity index (χ2v) is 4.07. The number of methoxy groups -OCH3 is 1. The van der Waals surface area contributed by atoms with Crippen LogP contribution in [0.3, 0.4) is 0 Å². The van der Waals surface area contributed by atoms with Crippen LogP contribution in [0.2, 0.25) is 0 Å². The molecule has 0 unspecified atom stereocenters. The number of nitriles is 1. The first-order valence-corrected chi connectivity index (χ1v) is 5.84. The zero-order valence-corrected chi connectivity index (χ0v) is 11.0. The number of benzene rings is 2. The molecule has 2 rings (SSSR count). The molecular formula is C14H10FN3O3. The predicted molar refractivity (Wildman–Crippen MR) is 74.0 cm³/mol. The summed E-state index contributed by atoms with van der Waals surface area (Å²) in [6.45, 7) is 0. The number of nitro benzene ring substituents is 1. The van der Waals surface area contributed by atoms with Gasteiger partial charge in [0.1, 0.15) is 6.07 Å². The average molecular weight is 287 g/mol. The van der Waals surface area contributed by atoms with Crippen LogP contribution < -0.4 is 10.1 Å². The van der Waals surface area contributed by atoms with E-state index < -0.39 is 10.7 Å². The molecule has 0 atom stereocenters. The zero-order valence-electron chi connectivity index (χ0n) is 11.0. The molecule has 1 N–H and O–H groups in total. The van der Waals surface area contributed by atoms with Crippen LogP contribution in [-0.4, -0.2) is 12.0 Å². The van der Waals surface area contributed by atoms with Crippen LogP contribution in [0.25, 0.3) is 0 Å². The number of rotatable bonds is 4. The molecule has 0 aliphatic carbocycles. The second kappa shape index (κ2) is 5.88. The highest BCUT2D eigenvalue weighted by Gasteiger charge is 2.11. The van der Waals surface area contributed by atoms with Gasteiger partial charge in [0.2, 0.25) is 0 Å². The molecule has 0 fully saturated rings. The Bertz CT molecular complexity index is 741. The second-order valence-electron chi connectivity index (χ2n) is 4.07. The Morgan fingerprint density at radius 3 is 2.67 bits per heavy atom. The van der Waals surface area contributed by atoms with Gasteiger partial charge in [-0.2, -0.15) is 5.26 Å². The van der Waals surface area contributed by atoms with Gasteiger partial charge in [0.25, 0.3) is 5.69 Å². The molecule has 0 aromatic heterocycles. The molecule has 0 bridgehead atoms. The van der Waals surface area contributed by atoms with Crippen molar-refractivity contribution in [2.45, 2.75) is 0 Å². The van der Waals surface area contributed by atoms with Gasteiger partial charge in [-0.1, -0.05) is 0 Å². The molecule has 2 aromatic carbocycles. The van der Waals surface area contributed by atoms with Crippen molar-refractivity contribution in [2.24, 2.45) is 0 Å². The number of nitrogens with zero attached hydrogens (tertiary/aromatic N) is 2. The molecule has 0 saturated carbocycles. The monoisotopic (exact) mass is 287 g/mol. The molecule has 0 aliphatic heterocycles. The lowest BCUT2D eigenvalue weighted by atomic mass is 10.1. The Labute approximate surface area is 119 Å². The third kappa shape index (κ3) is 3.06. The van der Waals surface area contributed by atoms with E-state index in [0.29, 0.717) is 11.4 Å². The number of nitrogens with one attached hydrogen (secondary N) is 1. The zero-order chi connectivity index (χ0) is 15.4. The number of hydrogen-bond acceptors (Lipinski definition) is 5. The van der Waals surface area contributed by atoms with Gasteiger partial charge < -0.3 is 10.1 Å². The minimum atomic E-state index is -0.586. The van der Waals surface area contributed by atoms with Gasteiger partial charge >= 0.3 is 0 Å². The maximum Gasteiger partial charge on any atom is 0.270 e. The van der Waals surface area contributed by atoms with Crippen LogP contribution in [-0.2, 0) is 0 Å². The van der Waals surface area contributed by atoms with Crippen LogP contribution in [0.4, 0.5) is 21.5 Å². The number of hydrogen-bond donors (Lipinski definition) is 1. The van der Waals surface area contributed by atoms with Gasteiger partial charge in [-0.3, -0.25) is 10.1 Å². The maximum atomic E-state index is 13.6. The highest BCUT2D eigenvalue weighted by Crippen LogP contribution is 2.27. The van der Waals surface area contributed by atoms with E-state index in [-0.39, 0.29) is 17.0 Å². The van der Waals surface area contributed by atoms with Gasteiger partial charge in [0, 0.05) is 23.9 Å². The van der Waals surface area contributed by atoms with E-state index in [9.17, 15) is 14.5 Å². The molecule has 0 amide bonds. The summed E-state index contributed by atoms with van der Waals surface area (Å²) < 4.78 is 18.4. The summed E-state index contributed by atoms with van der Waals surface area (Å²) in [7, 11) is 1.36. The minimum Gasteiger partial charge on any atom is -0.494 e. The smallest absolute Gasteiger partial charge is 0.270 e. The molecule has 106 valence electrons. The van der Waals surface area contributed by atoms with Crippen molar-refractivity contribution in [2.75, 3.05) is 12.4 Å². The van der Waals surface area contributed by atoms with Gasteiger partial charge in [-0.05, 0) is 18.2 Å². The van der Waals surface area contributed by atoms with E-state index in [1.165, 1.54) is 31.4 Å². The quantitative estimate of drug-likeness (QED) is 0.688. The summed E-state index contributed by atoms with van der Waals surface area (Å²) in [5.74, 6) is -0.451. The van der Waals surface area contributed by atoms with Gasteiger partial charge in [0.15, 0.2) is 11.6 Å². The number of ether oxygens (including phenoxy) is 1. The van der Waals surface area contributed by atoms with Crippen molar-refractivity contribution < 1.29 is 14.1 Å². The first kappa shape index (κ1) is 14.3. The number of nitro groups is 1. The summed E-state index contributed by atoms with van der Waals surface area (Å²) in [6.07, 6.45) is 0. The van der Waals surface area contributed by atoms with Crippen LogP contribution >= 0.6 is 0 Å². The summed E-state index contributed by atoms with van der Waals surface area (Å²) in [4.78, 5) is 10.1. The Balaban J connectivity index is 2.33. The standard InChI is InChI=1S/C14H10FN3O3/c1-21-14-5-2-10(7-12(14)15)17-13-4-3-11(18(19)20)6-9(13)8-16/h2-7,17H,1H3. The van der Waals surface area contributed by atoms with Crippen LogP contribution in [0.1, 0.15) is 5.56 Å².